The molecule has 1 aromatic rings. The first kappa shape index (κ1) is 32.9. The van der Waals surface area contributed by atoms with Gasteiger partial charge in [-0.05, 0) is 63.0 Å². The number of rotatable bonds is 1. The second-order valence-electron chi connectivity index (χ2n) is 12.6. The van der Waals surface area contributed by atoms with Crippen molar-refractivity contribution in [3.8, 4) is 6.07 Å². The molecule has 6 bridgehead atoms. The highest BCUT2D eigenvalue weighted by Gasteiger charge is 2.43. The average molecular weight is 595 g/mol. The number of oxazole rings is 1. The Morgan fingerprint density at radius 1 is 1.05 bits per heavy atom. The Morgan fingerprint density at radius 3 is 2.58 bits per heavy atom. The summed E-state index contributed by atoms with van der Waals surface area (Å²) >= 11 is 0. The third kappa shape index (κ3) is 8.99. The number of aliphatic hydroxyl groups is 2. The van der Waals surface area contributed by atoms with E-state index in [1.165, 1.54) is 12.2 Å². The second-order valence-corrected chi connectivity index (χ2v) is 12.6. The molecule has 0 spiro atoms. The van der Waals surface area contributed by atoms with Crippen molar-refractivity contribution >= 4 is 12.0 Å². The van der Waals surface area contributed by atoms with E-state index >= 15 is 0 Å². The number of esters is 1. The summed E-state index contributed by atoms with van der Waals surface area (Å²) in [7, 11) is 0. The normalized spacial score (nSPS) is 38.4. The number of nitriles is 1. The zero-order valence-corrected chi connectivity index (χ0v) is 25.7. The van der Waals surface area contributed by atoms with Crippen molar-refractivity contribution < 1.29 is 33.6 Å². The molecule has 9 nitrogen and oxygen atoms in total. The molecule has 3 aliphatic heterocycles. The molecule has 0 aromatic carbocycles. The highest BCUT2D eigenvalue weighted by molar-refractivity contribution is 5.82. The number of nitrogens with zero attached hydrogens (tertiary/aromatic N) is 2. The van der Waals surface area contributed by atoms with Crippen LogP contribution in [-0.2, 0) is 19.0 Å². The van der Waals surface area contributed by atoms with Crippen LogP contribution in [0.25, 0.3) is 6.08 Å². The molecule has 0 radical (unpaired) electrons. The number of allylic oxidation sites excluding steroid dienone is 1. The lowest BCUT2D eigenvalue weighted by molar-refractivity contribution is -0.180. The van der Waals surface area contributed by atoms with Crippen molar-refractivity contribution in [3.63, 3.8) is 0 Å². The first-order chi connectivity index (χ1) is 20.5. The summed E-state index contributed by atoms with van der Waals surface area (Å²) in [6.45, 7) is 12.1. The lowest BCUT2D eigenvalue weighted by Gasteiger charge is -2.44. The molecule has 43 heavy (non-hydrogen) atoms. The van der Waals surface area contributed by atoms with Crippen molar-refractivity contribution in [2.24, 2.45) is 17.8 Å². The minimum Gasteiger partial charge on any atom is -0.458 e. The molecule has 0 aliphatic carbocycles. The van der Waals surface area contributed by atoms with Crippen molar-refractivity contribution in [2.45, 2.75) is 115 Å². The summed E-state index contributed by atoms with van der Waals surface area (Å²) in [6.07, 6.45) is 10.8. The zero-order chi connectivity index (χ0) is 31.1. The van der Waals surface area contributed by atoms with E-state index < -0.39 is 30.4 Å². The van der Waals surface area contributed by atoms with Gasteiger partial charge in [0.1, 0.15) is 24.2 Å². The largest absolute Gasteiger partial charge is 0.458 e. The highest BCUT2D eigenvalue weighted by atomic mass is 16.6. The van der Waals surface area contributed by atoms with E-state index in [0.717, 1.165) is 24.0 Å². The van der Waals surface area contributed by atoms with Crippen LogP contribution in [0, 0.1) is 29.1 Å². The SMILES string of the molecule is C=C1C[C@@H](C)C[C@@H]2C[C@@H](O)C[C@@H](O2)c2coc(n2)/C=C/C[C@H]2O[C@@H](/C(C)=C/C#N)[C@H](C)[C@@H](OC(=O)/C=C\C[C@H](O)C1)[C@H]2C. The predicted molar refractivity (Wildman–Crippen MR) is 161 cm³/mol. The Morgan fingerprint density at radius 2 is 1.81 bits per heavy atom. The van der Waals surface area contributed by atoms with Crippen molar-refractivity contribution in [3.05, 3.63) is 59.9 Å². The monoisotopic (exact) mass is 594 g/mol. The quantitative estimate of drug-likeness (QED) is 0.236. The first-order valence-electron chi connectivity index (χ1n) is 15.4. The maximum atomic E-state index is 12.9. The van der Waals surface area contributed by atoms with Gasteiger partial charge in [0.15, 0.2) is 0 Å². The molecule has 2 fully saturated rings. The number of carbonyl (C=O) groups is 1. The number of aliphatic hydroxyl groups excluding tert-OH is 2. The number of hydrogen-bond acceptors (Lipinski definition) is 9. The molecule has 3 aliphatic rings. The van der Waals surface area contributed by atoms with Gasteiger partial charge in [-0.1, -0.05) is 45.1 Å². The van der Waals surface area contributed by atoms with Crippen molar-refractivity contribution in [1.82, 2.24) is 4.98 Å². The third-order valence-electron chi connectivity index (χ3n) is 8.78. The molecule has 234 valence electrons. The van der Waals surface area contributed by atoms with E-state index in [2.05, 4.69) is 24.6 Å². The first-order valence-corrected chi connectivity index (χ1v) is 15.4. The number of hydrogen-bond donors (Lipinski definition) is 2. The zero-order valence-electron chi connectivity index (χ0n) is 25.7. The fraction of sp³-hybridized carbons (Fsp3) is 0.618. The maximum Gasteiger partial charge on any atom is 0.330 e. The smallest absolute Gasteiger partial charge is 0.330 e. The number of carbonyl (C=O) groups excluding carboxylic acids is 1. The Bertz CT molecular complexity index is 1240. The van der Waals surface area contributed by atoms with Crippen LogP contribution in [-0.4, -0.2) is 57.8 Å². The fourth-order valence-corrected chi connectivity index (χ4v) is 6.67. The molecule has 0 unspecified atom stereocenters. The Labute approximate surface area is 254 Å². The van der Waals surface area contributed by atoms with E-state index in [1.807, 2.05) is 26.8 Å². The van der Waals surface area contributed by atoms with Gasteiger partial charge in [-0.15, -0.1) is 0 Å². The summed E-state index contributed by atoms with van der Waals surface area (Å²) in [4.78, 5) is 17.5. The Hall–Kier alpha value is -3.03. The van der Waals surface area contributed by atoms with Crippen molar-refractivity contribution in [2.75, 3.05) is 0 Å². The van der Waals surface area contributed by atoms with Crippen LogP contribution in [0.5, 0.6) is 0 Å². The topological polar surface area (TPSA) is 135 Å². The van der Waals surface area contributed by atoms with E-state index in [1.54, 1.807) is 18.4 Å². The van der Waals surface area contributed by atoms with Gasteiger partial charge in [-0.2, -0.15) is 5.26 Å². The van der Waals surface area contributed by atoms with Crippen LogP contribution >= 0.6 is 0 Å². The van der Waals surface area contributed by atoms with Crippen LogP contribution in [0.3, 0.4) is 0 Å². The molecule has 10 atom stereocenters. The molecule has 2 N–H and O–H groups in total. The summed E-state index contributed by atoms with van der Waals surface area (Å²) in [6, 6.07) is 2.08. The van der Waals surface area contributed by atoms with Gasteiger partial charge in [0, 0.05) is 30.4 Å². The van der Waals surface area contributed by atoms with E-state index in [4.69, 9.17) is 18.6 Å². The maximum absolute atomic E-state index is 12.9. The summed E-state index contributed by atoms with van der Waals surface area (Å²) in [5, 5.41) is 30.5. The molecule has 0 amide bonds. The molecule has 4 heterocycles. The molecule has 2 saturated heterocycles. The molecule has 1 aromatic heterocycles. The second kappa shape index (κ2) is 15.1. The Balaban J connectivity index is 1.58. The molecule has 0 saturated carbocycles. The van der Waals surface area contributed by atoms with Gasteiger partial charge in [0.05, 0.1) is 36.6 Å². The van der Waals surface area contributed by atoms with Crippen LogP contribution < -0.4 is 0 Å². The lowest BCUT2D eigenvalue weighted by atomic mass is 9.79. The van der Waals surface area contributed by atoms with E-state index in [-0.39, 0.29) is 36.1 Å². The number of fused-ring (bicyclic) bond motifs is 7. The minimum atomic E-state index is -0.663. The Kier molecular flexibility index (Phi) is 11.6. The summed E-state index contributed by atoms with van der Waals surface area (Å²) < 4.78 is 24.5. The van der Waals surface area contributed by atoms with Crippen LogP contribution in [0.2, 0.25) is 0 Å². The average Bonchev–Trinajstić information content (AvgIpc) is 3.40. The van der Waals surface area contributed by atoms with Crippen LogP contribution in [0.4, 0.5) is 0 Å². The predicted octanol–water partition coefficient (Wildman–Crippen LogP) is 5.76. The fourth-order valence-electron chi connectivity index (χ4n) is 6.67. The number of aromatic nitrogens is 1. The summed E-state index contributed by atoms with van der Waals surface area (Å²) in [5.74, 6) is -0.0981. The van der Waals surface area contributed by atoms with Gasteiger partial charge >= 0.3 is 5.97 Å². The standard InChI is InChI=1S/C34H46N2O7/c1-20-14-21(2)16-27-17-26(38)18-30(41-27)28-19-40-31(36-28)10-7-9-29-23(4)34(24(5)33(42-29)22(3)12-13-35)43-32(39)11-6-8-25(37)15-20/h6-7,10-12,19,21,23-27,29-30,33-34,37-38H,1,8-9,14-18H2,2-5H3/b10-7+,11-6-,22-12+/t21-,23+,24+,25+,26-,27-,29-,30-,33+,34+/m1/s1. The third-order valence-corrected chi connectivity index (χ3v) is 8.78. The van der Waals surface area contributed by atoms with Crippen LogP contribution in [0.15, 0.2) is 52.7 Å². The minimum absolute atomic E-state index is 0.125. The number of ether oxygens (including phenoxy) is 3. The van der Waals surface area contributed by atoms with Gasteiger partial charge in [-0.3, -0.25) is 0 Å². The van der Waals surface area contributed by atoms with Gasteiger partial charge < -0.3 is 28.8 Å². The summed E-state index contributed by atoms with van der Waals surface area (Å²) in [5.41, 5.74) is 2.35. The molecular formula is C34H46N2O7. The lowest BCUT2D eigenvalue weighted by Crippen LogP contribution is -2.50. The molecule has 9 heteroatoms. The highest BCUT2D eigenvalue weighted by Crippen LogP contribution is 2.38. The van der Waals surface area contributed by atoms with Crippen LogP contribution in [0.1, 0.15) is 90.3 Å². The molecule has 4 rings (SSSR count). The van der Waals surface area contributed by atoms with E-state index in [9.17, 15) is 20.3 Å². The van der Waals surface area contributed by atoms with Gasteiger partial charge in [0.2, 0.25) is 5.89 Å². The van der Waals surface area contributed by atoms with Gasteiger partial charge in [0.25, 0.3) is 0 Å². The van der Waals surface area contributed by atoms with E-state index in [0.29, 0.717) is 43.7 Å². The van der Waals surface area contributed by atoms with Gasteiger partial charge in [-0.25, -0.2) is 9.78 Å². The van der Waals surface area contributed by atoms with Crippen molar-refractivity contribution in [1.29, 1.82) is 5.26 Å². The molecular weight excluding hydrogens is 548 g/mol.